The highest BCUT2D eigenvalue weighted by Crippen LogP contribution is 2.24. The number of aryl methyl sites for hydroxylation is 1. The summed E-state index contributed by atoms with van der Waals surface area (Å²) in [5, 5.41) is 0. The van der Waals surface area contributed by atoms with Crippen molar-refractivity contribution in [3.8, 4) is 0 Å². The number of ether oxygens (including phenoxy) is 1. The van der Waals surface area contributed by atoms with Crippen LogP contribution in [0.15, 0.2) is 42.0 Å². The van der Waals surface area contributed by atoms with Crippen molar-refractivity contribution in [2.45, 2.75) is 38.7 Å². The third kappa shape index (κ3) is 3.21. The van der Waals surface area contributed by atoms with E-state index in [4.69, 9.17) is 4.74 Å². The Hall–Kier alpha value is -1.08. The molecule has 1 aliphatic rings. The highest BCUT2D eigenvalue weighted by atomic mass is 16.5. The normalized spacial score (nSPS) is 19.2. The van der Waals surface area contributed by atoms with Crippen molar-refractivity contribution >= 4 is 0 Å². The third-order valence-electron chi connectivity index (χ3n) is 3.03. The van der Waals surface area contributed by atoms with Gasteiger partial charge >= 0.3 is 0 Å². The van der Waals surface area contributed by atoms with Crippen LogP contribution in [0.3, 0.4) is 0 Å². The van der Waals surface area contributed by atoms with E-state index in [0.29, 0.717) is 0 Å². The largest absolute Gasteiger partial charge is 0.371 e. The van der Waals surface area contributed by atoms with Gasteiger partial charge in [-0.15, -0.1) is 0 Å². The zero-order valence-electron chi connectivity index (χ0n) is 10.2. The van der Waals surface area contributed by atoms with E-state index >= 15 is 0 Å². The molecule has 0 bridgehead atoms. The molecule has 1 heterocycles. The fourth-order valence-electron chi connectivity index (χ4n) is 2.20. The van der Waals surface area contributed by atoms with Gasteiger partial charge in [0.2, 0.25) is 0 Å². The summed E-state index contributed by atoms with van der Waals surface area (Å²) >= 11 is 0. The summed E-state index contributed by atoms with van der Waals surface area (Å²) in [5.41, 5.74) is 2.90. The number of hydrogen-bond acceptors (Lipinski definition) is 1. The summed E-state index contributed by atoms with van der Waals surface area (Å²) in [6, 6.07) is 10.7. The second kappa shape index (κ2) is 4.84. The predicted molar refractivity (Wildman–Crippen MR) is 67.5 cm³/mol. The Labute approximate surface area is 98.1 Å². The van der Waals surface area contributed by atoms with E-state index in [1.165, 1.54) is 5.56 Å². The number of hydrogen-bond donors (Lipinski definition) is 0. The number of benzene rings is 1. The molecule has 1 aromatic rings. The minimum Gasteiger partial charge on any atom is -0.371 e. The lowest BCUT2D eigenvalue weighted by atomic mass is 9.95. The Morgan fingerprint density at radius 2 is 1.88 bits per heavy atom. The lowest BCUT2D eigenvalue weighted by molar-refractivity contribution is 0.0107. The van der Waals surface area contributed by atoms with Gasteiger partial charge in [0.1, 0.15) is 0 Å². The van der Waals surface area contributed by atoms with Crippen LogP contribution in [-0.4, -0.2) is 12.2 Å². The molecule has 0 aromatic heterocycles. The summed E-state index contributed by atoms with van der Waals surface area (Å²) in [4.78, 5) is 0. The van der Waals surface area contributed by atoms with Crippen molar-refractivity contribution in [1.82, 2.24) is 0 Å². The molecule has 0 saturated carbocycles. The second-order valence-corrected chi connectivity index (χ2v) is 4.99. The highest BCUT2D eigenvalue weighted by Gasteiger charge is 2.20. The molecule has 2 rings (SSSR count). The van der Waals surface area contributed by atoms with Gasteiger partial charge in [0.25, 0.3) is 0 Å². The van der Waals surface area contributed by atoms with E-state index in [0.717, 1.165) is 25.9 Å². The minimum absolute atomic E-state index is 0.0652. The average molecular weight is 216 g/mol. The maximum atomic E-state index is 5.67. The van der Waals surface area contributed by atoms with Gasteiger partial charge in [-0.2, -0.15) is 0 Å². The molecule has 0 N–H and O–H groups in total. The van der Waals surface area contributed by atoms with Crippen molar-refractivity contribution in [2.75, 3.05) is 6.61 Å². The van der Waals surface area contributed by atoms with E-state index < -0.39 is 0 Å². The molecule has 86 valence electrons. The van der Waals surface area contributed by atoms with Gasteiger partial charge in [0.15, 0.2) is 0 Å². The molecule has 0 aliphatic carbocycles. The van der Waals surface area contributed by atoms with E-state index in [9.17, 15) is 0 Å². The summed E-state index contributed by atoms with van der Waals surface area (Å²) in [6.45, 7) is 5.14. The van der Waals surface area contributed by atoms with Gasteiger partial charge in [0, 0.05) is 0 Å². The van der Waals surface area contributed by atoms with Crippen LogP contribution in [0.25, 0.3) is 0 Å². The van der Waals surface area contributed by atoms with Gasteiger partial charge in [-0.05, 0) is 38.7 Å². The molecule has 16 heavy (non-hydrogen) atoms. The SMILES string of the molecule is CC1(C)C=C(CCc2ccccc2)CCO1. The Kier molecular flexibility index (Phi) is 3.45. The molecule has 1 nitrogen and oxygen atoms in total. The Morgan fingerprint density at radius 1 is 1.12 bits per heavy atom. The molecule has 0 fully saturated rings. The maximum Gasteiger partial charge on any atom is 0.0809 e. The van der Waals surface area contributed by atoms with Crippen LogP contribution in [0.4, 0.5) is 0 Å². The first-order valence-electron chi connectivity index (χ1n) is 6.04. The number of rotatable bonds is 3. The minimum atomic E-state index is -0.0652. The van der Waals surface area contributed by atoms with Gasteiger partial charge in [-0.3, -0.25) is 0 Å². The first-order valence-corrected chi connectivity index (χ1v) is 6.04. The van der Waals surface area contributed by atoms with Crippen molar-refractivity contribution in [2.24, 2.45) is 0 Å². The monoisotopic (exact) mass is 216 g/mol. The van der Waals surface area contributed by atoms with Gasteiger partial charge in [0.05, 0.1) is 12.2 Å². The summed E-state index contributed by atoms with van der Waals surface area (Å²) in [7, 11) is 0. The molecule has 1 aliphatic heterocycles. The molecule has 0 radical (unpaired) electrons. The van der Waals surface area contributed by atoms with E-state index in [-0.39, 0.29) is 5.60 Å². The molecule has 0 spiro atoms. The lowest BCUT2D eigenvalue weighted by Gasteiger charge is -2.28. The fourth-order valence-corrected chi connectivity index (χ4v) is 2.20. The van der Waals surface area contributed by atoms with Crippen LogP contribution in [0.5, 0.6) is 0 Å². The maximum absolute atomic E-state index is 5.67. The molecular formula is C15H20O. The summed E-state index contributed by atoms with van der Waals surface area (Å²) in [6.07, 6.45) is 5.69. The van der Waals surface area contributed by atoms with Crippen molar-refractivity contribution in [1.29, 1.82) is 0 Å². The average Bonchev–Trinajstić information content (AvgIpc) is 2.27. The first kappa shape index (κ1) is 11.4. The fraction of sp³-hybridized carbons (Fsp3) is 0.467. The third-order valence-corrected chi connectivity index (χ3v) is 3.03. The highest BCUT2D eigenvalue weighted by molar-refractivity contribution is 5.18. The lowest BCUT2D eigenvalue weighted by Crippen LogP contribution is -2.26. The molecule has 0 saturated heterocycles. The summed E-state index contributed by atoms with van der Waals surface area (Å²) < 4.78 is 5.67. The van der Waals surface area contributed by atoms with E-state index in [1.807, 2.05) is 0 Å². The predicted octanol–water partition coefficient (Wildman–Crippen LogP) is 3.74. The topological polar surface area (TPSA) is 9.23 Å². The van der Waals surface area contributed by atoms with Crippen LogP contribution in [0.1, 0.15) is 32.3 Å². The first-order chi connectivity index (χ1) is 7.66. The van der Waals surface area contributed by atoms with Crippen LogP contribution >= 0.6 is 0 Å². The molecule has 0 atom stereocenters. The quantitative estimate of drug-likeness (QED) is 0.699. The Bertz CT molecular complexity index is 362. The Balaban J connectivity index is 1.94. The van der Waals surface area contributed by atoms with Crippen LogP contribution in [0.2, 0.25) is 0 Å². The molecule has 0 amide bonds. The molecule has 1 aromatic carbocycles. The van der Waals surface area contributed by atoms with Gasteiger partial charge in [-0.25, -0.2) is 0 Å². The zero-order chi connectivity index (χ0) is 11.4. The molecule has 0 unspecified atom stereocenters. The molecular weight excluding hydrogens is 196 g/mol. The van der Waals surface area contributed by atoms with Gasteiger partial charge < -0.3 is 4.74 Å². The smallest absolute Gasteiger partial charge is 0.0809 e. The van der Waals surface area contributed by atoms with Crippen LogP contribution < -0.4 is 0 Å². The van der Waals surface area contributed by atoms with E-state index in [2.05, 4.69) is 50.3 Å². The zero-order valence-corrected chi connectivity index (χ0v) is 10.2. The van der Waals surface area contributed by atoms with Crippen molar-refractivity contribution in [3.05, 3.63) is 47.5 Å². The molecule has 1 heteroatoms. The van der Waals surface area contributed by atoms with Gasteiger partial charge in [-0.1, -0.05) is 42.0 Å². The van der Waals surface area contributed by atoms with Crippen molar-refractivity contribution < 1.29 is 4.74 Å². The second-order valence-electron chi connectivity index (χ2n) is 4.99. The van der Waals surface area contributed by atoms with Crippen LogP contribution in [0, 0.1) is 0 Å². The van der Waals surface area contributed by atoms with Crippen molar-refractivity contribution in [3.63, 3.8) is 0 Å². The Morgan fingerprint density at radius 3 is 2.56 bits per heavy atom. The van der Waals surface area contributed by atoms with Crippen LogP contribution in [-0.2, 0) is 11.2 Å². The standard InChI is InChI=1S/C15H20O/c1-15(2)12-14(10-11-16-15)9-8-13-6-4-3-5-7-13/h3-7,12H,8-11H2,1-2H3. The summed E-state index contributed by atoms with van der Waals surface area (Å²) in [5.74, 6) is 0. The van der Waals surface area contributed by atoms with E-state index in [1.54, 1.807) is 5.57 Å².